The molecular formula is C14H26N4. The lowest BCUT2D eigenvalue weighted by Gasteiger charge is -2.34. The first kappa shape index (κ1) is 13.6. The zero-order valence-electron chi connectivity index (χ0n) is 11.9. The number of piperidine rings is 1. The van der Waals surface area contributed by atoms with Gasteiger partial charge in [-0.2, -0.15) is 5.10 Å². The minimum Gasteiger partial charge on any atom is -0.317 e. The van der Waals surface area contributed by atoms with Crippen molar-refractivity contribution >= 4 is 0 Å². The van der Waals surface area contributed by atoms with Gasteiger partial charge in [0, 0.05) is 18.8 Å². The summed E-state index contributed by atoms with van der Waals surface area (Å²) in [7, 11) is 2.07. The standard InChI is InChI=1S/C14H26N4/c1-12-10-16-18(11-12)9-8-17-6-4-14(5-7-17)13(2)15-3/h10-11,13-15H,4-9H2,1-3H3. The van der Waals surface area contributed by atoms with Gasteiger partial charge in [-0.05, 0) is 58.3 Å². The molecule has 0 amide bonds. The molecule has 4 nitrogen and oxygen atoms in total. The SMILES string of the molecule is CNC(C)C1CCN(CCn2cc(C)cn2)CC1. The molecule has 1 aliphatic heterocycles. The molecule has 1 aromatic heterocycles. The van der Waals surface area contributed by atoms with E-state index in [1.165, 1.54) is 31.5 Å². The highest BCUT2D eigenvalue weighted by atomic mass is 15.3. The van der Waals surface area contributed by atoms with Crippen molar-refractivity contribution in [3.05, 3.63) is 18.0 Å². The van der Waals surface area contributed by atoms with Gasteiger partial charge in [0.05, 0.1) is 12.7 Å². The van der Waals surface area contributed by atoms with Crippen molar-refractivity contribution in [2.24, 2.45) is 5.92 Å². The van der Waals surface area contributed by atoms with Gasteiger partial charge in [0.1, 0.15) is 0 Å². The van der Waals surface area contributed by atoms with Crippen LogP contribution in [-0.4, -0.2) is 47.4 Å². The van der Waals surface area contributed by atoms with Crippen LogP contribution in [0.2, 0.25) is 0 Å². The molecule has 1 fully saturated rings. The maximum atomic E-state index is 4.34. The number of likely N-dealkylation sites (tertiary alicyclic amines) is 1. The monoisotopic (exact) mass is 250 g/mol. The molecule has 0 spiro atoms. The summed E-state index contributed by atoms with van der Waals surface area (Å²) in [4.78, 5) is 2.57. The predicted molar refractivity (Wildman–Crippen MR) is 74.6 cm³/mol. The highest BCUT2D eigenvalue weighted by molar-refractivity contribution is 4.99. The molecule has 0 radical (unpaired) electrons. The quantitative estimate of drug-likeness (QED) is 0.860. The van der Waals surface area contributed by atoms with Crippen LogP contribution in [0.3, 0.4) is 0 Å². The summed E-state index contributed by atoms with van der Waals surface area (Å²) in [5.74, 6) is 0.846. The van der Waals surface area contributed by atoms with Gasteiger partial charge >= 0.3 is 0 Å². The zero-order chi connectivity index (χ0) is 13.0. The van der Waals surface area contributed by atoms with Gasteiger partial charge in [0.25, 0.3) is 0 Å². The molecule has 1 saturated heterocycles. The average molecular weight is 250 g/mol. The molecule has 0 saturated carbocycles. The zero-order valence-corrected chi connectivity index (χ0v) is 11.9. The highest BCUT2D eigenvalue weighted by Gasteiger charge is 2.22. The third-order valence-corrected chi connectivity index (χ3v) is 4.20. The van der Waals surface area contributed by atoms with Crippen molar-refractivity contribution in [1.82, 2.24) is 20.0 Å². The summed E-state index contributed by atoms with van der Waals surface area (Å²) >= 11 is 0. The van der Waals surface area contributed by atoms with Gasteiger partial charge in [-0.25, -0.2) is 0 Å². The molecule has 102 valence electrons. The summed E-state index contributed by atoms with van der Waals surface area (Å²) in [6.45, 7) is 9.00. The van der Waals surface area contributed by atoms with E-state index in [0.29, 0.717) is 6.04 Å². The third kappa shape index (κ3) is 3.56. The van der Waals surface area contributed by atoms with E-state index in [-0.39, 0.29) is 0 Å². The van der Waals surface area contributed by atoms with Gasteiger partial charge in [-0.15, -0.1) is 0 Å². The molecule has 0 aliphatic carbocycles. The second-order valence-electron chi connectivity index (χ2n) is 5.54. The maximum Gasteiger partial charge on any atom is 0.0536 e. The predicted octanol–water partition coefficient (Wildman–Crippen LogP) is 1.51. The summed E-state index contributed by atoms with van der Waals surface area (Å²) in [5, 5.41) is 7.71. The van der Waals surface area contributed by atoms with Crippen LogP contribution in [0.25, 0.3) is 0 Å². The topological polar surface area (TPSA) is 33.1 Å². The fraction of sp³-hybridized carbons (Fsp3) is 0.786. The molecular weight excluding hydrogens is 224 g/mol. The molecule has 0 aromatic carbocycles. The Morgan fingerprint density at radius 3 is 2.67 bits per heavy atom. The largest absolute Gasteiger partial charge is 0.317 e. The summed E-state index contributed by atoms with van der Waals surface area (Å²) in [6.07, 6.45) is 6.69. The van der Waals surface area contributed by atoms with Crippen molar-refractivity contribution in [2.45, 2.75) is 39.3 Å². The Kier molecular flexibility index (Phi) is 4.78. The van der Waals surface area contributed by atoms with Crippen LogP contribution in [-0.2, 0) is 6.54 Å². The average Bonchev–Trinajstić information content (AvgIpc) is 2.82. The molecule has 18 heavy (non-hydrogen) atoms. The Balaban J connectivity index is 1.70. The summed E-state index contributed by atoms with van der Waals surface area (Å²) < 4.78 is 2.05. The Morgan fingerprint density at radius 1 is 1.39 bits per heavy atom. The number of aryl methyl sites for hydroxylation is 1. The van der Waals surface area contributed by atoms with E-state index in [4.69, 9.17) is 0 Å². The third-order valence-electron chi connectivity index (χ3n) is 4.20. The van der Waals surface area contributed by atoms with Gasteiger partial charge in [0.2, 0.25) is 0 Å². The molecule has 1 aliphatic rings. The van der Waals surface area contributed by atoms with Gasteiger partial charge < -0.3 is 10.2 Å². The fourth-order valence-corrected chi connectivity index (χ4v) is 2.75. The molecule has 1 atom stereocenters. The van der Waals surface area contributed by atoms with Crippen molar-refractivity contribution in [3.8, 4) is 0 Å². The van der Waals surface area contributed by atoms with E-state index in [1.807, 2.05) is 6.20 Å². The molecule has 1 unspecified atom stereocenters. The van der Waals surface area contributed by atoms with Crippen molar-refractivity contribution in [2.75, 3.05) is 26.7 Å². The first-order valence-corrected chi connectivity index (χ1v) is 7.07. The molecule has 1 N–H and O–H groups in total. The number of rotatable bonds is 5. The lowest BCUT2D eigenvalue weighted by Crippen LogP contribution is -2.41. The first-order chi connectivity index (χ1) is 8.69. The van der Waals surface area contributed by atoms with Crippen molar-refractivity contribution < 1.29 is 0 Å². The van der Waals surface area contributed by atoms with E-state index in [0.717, 1.165) is 19.0 Å². The van der Waals surface area contributed by atoms with E-state index in [2.05, 4.69) is 47.1 Å². The molecule has 1 aromatic rings. The second-order valence-corrected chi connectivity index (χ2v) is 5.54. The van der Waals surface area contributed by atoms with E-state index in [9.17, 15) is 0 Å². The summed E-state index contributed by atoms with van der Waals surface area (Å²) in [6, 6.07) is 0.654. The Hall–Kier alpha value is -0.870. The second kappa shape index (κ2) is 6.34. The molecule has 4 heteroatoms. The van der Waals surface area contributed by atoms with Gasteiger partial charge in [-0.3, -0.25) is 4.68 Å². The molecule has 2 rings (SSSR count). The Bertz CT molecular complexity index is 352. The van der Waals surface area contributed by atoms with Crippen LogP contribution in [0.15, 0.2) is 12.4 Å². The van der Waals surface area contributed by atoms with E-state index in [1.54, 1.807) is 0 Å². The lowest BCUT2D eigenvalue weighted by atomic mass is 9.90. The number of hydrogen-bond donors (Lipinski definition) is 1. The molecule has 0 bridgehead atoms. The van der Waals surface area contributed by atoms with Gasteiger partial charge in [0.15, 0.2) is 0 Å². The minimum atomic E-state index is 0.654. The van der Waals surface area contributed by atoms with E-state index >= 15 is 0 Å². The number of nitrogens with one attached hydrogen (secondary N) is 1. The number of nitrogens with zero attached hydrogens (tertiary/aromatic N) is 3. The first-order valence-electron chi connectivity index (χ1n) is 7.07. The molecule has 2 heterocycles. The van der Waals surface area contributed by atoms with Crippen LogP contribution >= 0.6 is 0 Å². The number of aromatic nitrogens is 2. The van der Waals surface area contributed by atoms with Crippen LogP contribution in [0.5, 0.6) is 0 Å². The van der Waals surface area contributed by atoms with Crippen molar-refractivity contribution in [1.29, 1.82) is 0 Å². The van der Waals surface area contributed by atoms with Crippen LogP contribution < -0.4 is 5.32 Å². The minimum absolute atomic E-state index is 0.654. The van der Waals surface area contributed by atoms with E-state index < -0.39 is 0 Å². The highest BCUT2D eigenvalue weighted by Crippen LogP contribution is 2.20. The van der Waals surface area contributed by atoms with Crippen molar-refractivity contribution in [3.63, 3.8) is 0 Å². The van der Waals surface area contributed by atoms with Gasteiger partial charge in [-0.1, -0.05) is 0 Å². The summed E-state index contributed by atoms with van der Waals surface area (Å²) in [5.41, 5.74) is 1.25. The number of hydrogen-bond acceptors (Lipinski definition) is 3. The maximum absolute atomic E-state index is 4.34. The lowest BCUT2D eigenvalue weighted by molar-refractivity contribution is 0.159. The Labute approximate surface area is 110 Å². The Morgan fingerprint density at radius 2 is 2.11 bits per heavy atom. The van der Waals surface area contributed by atoms with Crippen LogP contribution in [0.1, 0.15) is 25.3 Å². The normalized spacial score (nSPS) is 20.2. The smallest absolute Gasteiger partial charge is 0.0536 e. The fourth-order valence-electron chi connectivity index (χ4n) is 2.75. The van der Waals surface area contributed by atoms with Crippen LogP contribution in [0.4, 0.5) is 0 Å². The van der Waals surface area contributed by atoms with Crippen LogP contribution in [0, 0.1) is 12.8 Å².